The molecule has 4 rings (SSSR count). The first-order chi connectivity index (χ1) is 17.5. The predicted octanol–water partition coefficient (Wildman–Crippen LogP) is 2.89. The second-order valence-electron chi connectivity index (χ2n) is 10.3. The number of carbonyl (C=O) groups is 2. The molecule has 1 aliphatic carbocycles. The van der Waals surface area contributed by atoms with E-state index in [9.17, 15) is 14.9 Å². The Balaban J connectivity index is 1.32. The van der Waals surface area contributed by atoms with Gasteiger partial charge in [0.2, 0.25) is 5.91 Å². The molecule has 194 valence electrons. The van der Waals surface area contributed by atoms with Crippen LogP contribution in [-0.4, -0.2) is 77.5 Å². The summed E-state index contributed by atoms with van der Waals surface area (Å²) in [5.74, 6) is -0.584. The highest BCUT2D eigenvalue weighted by molar-refractivity contribution is 5.99. The van der Waals surface area contributed by atoms with Crippen molar-refractivity contribution in [2.75, 3.05) is 39.3 Å². The number of nitriles is 1. The van der Waals surface area contributed by atoms with Gasteiger partial charge in [-0.1, -0.05) is 38.0 Å². The fraction of sp³-hybridized carbons (Fsp3) is 0.607. The number of rotatable bonds is 9. The summed E-state index contributed by atoms with van der Waals surface area (Å²) in [6.45, 7) is 8.32. The van der Waals surface area contributed by atoms with Gasteiger partial charge in [-0.05, 0) is 44.4 Å². The number of aryl methyl sites for hydroxylation is 1. The molecule has 8 nitrogen and oxygen atoms in total. The number of hydrogen-bond donors (Lipinski definition) is 2. The maximum absolute atomic E-state index is 13.2. The van der Waals surface area contributed by atoms with Gasteiger partial charge in [0.15, 0.2) is 0 Å². The van der Waals surface area contributed by atoms with E-state index in [1.165, 1.54) is 6.42 Å². The van der Waals surface area contributed by atoms with E-state index in [0.717, 1.165) is 75.9 Å². The van der Waals surface area contributed by atoms with Crippen molar-refractivity contribution >= 4 is 22.7 Å². The minimum absolute atomic E-state index is 0.114. The van der Waals surface area contributed by atoms with E-state index >= 15 is 0 Å². The molecule has 2 aliphatic rings. The number of piperazine rings is 1. The Kier molecular flexibility index (Phi) is 9.00. The molecule has 2 amide bonds. The zero-order chi connectivity index (χ0) is 25.5. The third-order valence-corrected chi connectivity index (χ3v) is 7.81. The van der Waals surface area contributed by atoms with Crippen molar-refractivity contribution in [1.29, 1.82) is 5.26 Å². The zero-order valence-electron chi connectivity index (χ0n) is 21.7. The predicted molar refractivity (Wildman–Crippen MR) is 141 cm³/mol. The first kappa shape index (κ1) is 26.2. The third-order valence-electron chi connectivity index (χ3n) is 7.81. The van der Waals surface area contributed by atoms with Crippen molar-refractivity contribution in [2.45, 2.75) is 57.5 Å². The summed E-state index contributed by atoms with van der Waals surface area (Å²) >= 11 is 0. The highest BCUT2D eigenvalue weighted by atomic mass is 16.2. The van der Waals surface area contributed by atoms with E-state index in [-0.39, 0.29) is 23.8 Å². The van der Waals surface area contributed by atoms with Gasteiger partial charge in [-0.25, -0.2) is 0 Å². The largest absolute Gasteiger partial charge is 0.347 e. The summed E-state index contributed by atoms with van der Waals surface area (Å²) in [5, 5.41) is 16.9. The van der Waals surface area contributed by atoms with Gasteiger partial charge in [0, 0.05) is 56.7 Å². The molecule has 2 aromatic rings. The van der Waals surface area contributed by atoms with Crippen LogP contribution >= 0.6 is 0 Å². The van der Waals surface area contributed by atoms with Crippen LogP contribution in [0.3, 0.4) is 0 Å². The standard InChI is InChI=1S/C28H40N6O2/c1-3-13-33-15-17-34(18-16-33)14-12-22(20-29)30-27(35)23-9-5-6-10-24(23)31-28(36)26-19-21-8-4-7-11-25(21)32(26)2/h4,7-8,11,19,22-24H,3,5-6,9-10,12-18H2,1-2H3,(H,30,35)(H,31,36). The molecule has 1 aromatic carbocycles. The molecule has 1 aromatic heterocycles. The molecule has 1 saturated heterocycles. The van der Waals surface area contributed by atoms with E-state index in [2.05, 4.69) is 33.4 Å². The molecule has 1 saturated carbocycles. The van der Waals surface area contributed by atoms with Gasteiger partial charge in [0.05, 0.1) is 12.0 Å². The molecule has 2 heterocycles. The van der Waals surface area contributed by atoms with Crippen LogP contribution in [0.1, 0.15) is 55.9 Å². The molecule has 0 radical (unpaired) electrons. The quantitative estimate of drug-likeness (QED) is 0.562. The van der Waals surface area contributed by atoms with Crippen LogP contribution in [0.5, 0.6) is 0 Å². The molecule has 2 fully saturated rings. The van der Waals surface area contributed by atoms with Crippen LogP contribution in [0.15, 0.2) is 30.3 Å². The summed E-state index contributed by atoms with van der Waals surface area (Å²) in [6.07, 6.45) is 5.23. The van der Waals surface area contributed by atoms with Crippen molar-refractivity contribution in [3.63, 3.8) is 0 Å². The zero-order valence-corrected chi connectivity index (χ0v) is 21.7. The average Bonchev–Trinajstić information content (AvgIpc) is 3.24. The van der Waals surface area contributed by atoms with Gasteiger partial charge < -0.3 is 25.0 Å². The number of para-hydroxylation sites is 1. The Hall–Kier alpha value is -2.89. The molecule has 0 bridgehead atoms. The maximum atomic E-state index is 13.2. The smallest absolute Gasteiger partial charge is 0.268 e. The Labute approximate surface area is 214 Å². The van der Waals surface area contributed by atoms with E-state index in [1.807, 2.05) is 41.9 Å². The van der Waals surface area contributed by atoms with E-state index in [4.69, 9.17) is 0 Å². The molecule has 36 heavy (non-hydrogen) atoms. The van der Waals surface area contributed by atoms with Gasteiger partial charge in [-0.15, -0.1) is 0 Å². The van der Waals surface area contributed by atoms with Crippen LogP contribution < -0.4 is 10.6 Å². The number of aromatic nitrogens is 1. The minimum Gasteiger partial charge on any atom is -0.347 e. The van der Waals surface area contributed by atoms with Gasteiger partial charge in [-0.2, -0.15) is 5.26 Å². The number of carbonyl (C=O) groups excluding carboxylic acids is 2. The minimum atomic E-state index is -0.511. The monoisotopic (exact) mass is 492 g/mol. The third kappa shape index (κ3) is 6.26. The summed E-state index contributed by atoms with van der Waals surface area (Å²) in [7, 11) is 1.89. The van der Waals surface area contributed by atoms with E-state index < -0.39 is 6.04 Å². The number of fused-ring (bicyclic) bond motifs is 1. The van der Waals surface area contributed by atoms with Crippen molar-refractivity contribution in [3.8, 4) is 6.07 Å². The molecular formula is C28H40N6O2. The lowest BCUT2D eigenvalue weighted by atomic mass is 9.83. The lowest BCUT2D eigenvalue weighted by Crippen LogP contribution is -2.51. The topological polar surface area (TPSA) is 93.4 Å². The molecule has 2 N–H and O–H groups in total. The summed E-state index contributed by atoms with van der Waals surface area (Å²) in [4.78, 5) is 31.3. The highest BCUT2D eigenvalue weighted by Gasteiger charge is 2.33. The number of hydrogen-bond acceptors (Lipinski definition) is 5. The van der Waals surface area contributed by atoms with Gasteiger partial charge in [0.25, 0.3) is 5.91 Å². The number of benzene rings is 1. The van der Waals surface area contributed by atoms with Crippen molar-refractivity contribution in [2.24, 2.45) is 13.0 Å². The summed E-state index contributed by atoms with van der Waals surface area (Å²) in [6, 6.07) is 11.4. The van der Waals surface area contributed by atoms with Crippen LogP contribution in [0.2, 0.25) is 0 Å². The lowest BCUT2D eigenvalue weighted by molar-refractivity contribution is -0.127. The summed E-state index contributed by atoms with van der Waals surface area (Å²) < 4.78 is 1.90. The van der Waals surface area contributed by atoms with Crippen LogP contribution in [0.4, 0.5) is 0 Å². The molecule has 8 heteroatoms. The Morgan fingerprint density at radius 3 is 2.47 bits per heavy atom. The van der Waals surface area contributed by atoms with Crippen molar-refractivity contribution in [3.05, 3.63) is 36.0 Å². The Morgan fingerprint density at radius 1 is 1.08 bits per heavy atom. The molecule has 1 aliphatic heterocycles. The normalized spacial score (nSPS) is 22.1. The first-order valence-corrected chi connectivity index (χ1v) is 13.5. The SMILES string of the molecule is CCCN1CCN(CCC(C#N)NC(=O)C2CCCCC2NC(=O)c2cc3ccccc3n2C)CC1. The first-order valence-electron chi connectivity index (χ1n) is 13.5. The second kappa shape index (κ2) is 12.4. The van der Waals surface area contributed by atoms with Crippen LogP contribution in [0.25, 0.3) is 10.9 Å². The fourth-order valence-electron chi connectivity index (χ4n) is 5.68. The lowest BCUT2D eigenvalue weighted by Gasteiger charge is -2.35. The van der Waals surface area contributed by atoms with Gasteiger partial charge in [0.1, 0.15) is 11.7 Å². The summed E-state index contributed by atoms with van der Waals surface area (Å²) in [5.41, 5.74) is 1.60. The van der Waals surface area contributed by atoms with Crippen molar-refractivity contribution < 1.29 is 9.59 Å². The molecule has 0 spiro atoms. The Bertz CT molecular complexity index is 1080. The molecular weight excluding hydrogens is 452 g/mol. The molecule has 3 unspecified atom stereocenters. The fourth-order valence-corrected chi connectivity index (χ4v) is 5.68. The molecule has 3 atom stereocenters. The maximum Gasteiger partial charge on any atom is 0.268 e. The highest BCUT2D eigenvalue weighted by Crippen LogP contribution is 2.26. The number of nitrogens with one attached hydrogen (secondary N) is 2. The van der Waals surface area contributed by atoms with E-state index in [1.54, 1.807) is 0 Å². The number of amides is 2. The van der Waals surface area contributed by atoms with E-state index in [0.29, 0.717) is 12.1 Å². The van der Waals surface area contributed by atoms with Gasteiger partial charge >= 0.3 is 0 Å². The van der Waals surface area contributed by atoms with Crippen LogP contribution in [0, 0.1) is 17.2 Å². The number of nitrogens with zero attached hydrogens (tertiary/aromatic N) is 4. The average molecular weight is 493 g/mol. The second-order valence-corrected chi connectivity index (χ2v) is 10.3. The van der Waals surface area contributed by atoms with Crippen LogP contribution in [-0.2, 0) is 11.8 Å². The van der Waals surface area contributed by atoms with Gasteiger partial charge in [-0.3, -0.25) is 9.59 Å². The van der Waals surface area contributed by atoms with Crippen molar-refractivity contribution in [1.82, 2.24) is 25.0 Å². The Morgan fingerprint density at radius 2 is 1.78 bits per heavy atom.